The van der Waals surface area contributed by atoms with Gasteiger partial charge in [0, 0.05) is 28.7 Å². The molecule has 0 aliphatic carbocycles. The SMILES string of the molecule is Cc1cnc(-c2cncnc2-c2ccc(Cl)cc2Cl)[nH]1. The maximum Gasteiger partial charge on any atom is 0.141 e. The van der Waals surface area contributed by atoms with Crippen LogP contribution < -0.4 is 0 Å². The summed E-state index contributed by atoms with van der Waals surface area (Å²) in [5.41, 5.74) is 3.28. The molecule has 3 rings (SSSR count). The molecule has 0 radical (unpaired) electrons. The average Bonchev–Trinajstić information content (AvgIpc) is 2.85. The van der Waals surface area contributed by atoms with E-state index in [1.165, 1.54) is 6.33 Å². The number of nitrogens with zero attached hydrogens (tertiary/aromatic N) is 3. The highest BCUT2D eigenvalue weighted by Gasteiger charge is 2.14. The van der Waals surface area contributed by atoms with E-state index in [0.717, 1.165) is 22.5 Å². The van der Waals surface area contributed by atoms with E-state index in [2.05, 4.69) is 19.9 Å². The summed E-state index contributed by atoms with van der Waals surface area (Å²) in [5.74, 6) is 0.712. The van der Waals surface area contributed by atoms with Crippen LogP contribution in [0.25, 0.3) is 22.6 Å². The Morgan fingerprint density at radius 2 is 1.90 bits per heavy atom. The van der Waals surface area contributed by atoms with E-state index in [4.69, 9.17) is 23.2 Å². The molecule has 1 N–H and O–H groups in total. The zero-order chi connectivity index (χ0) is 14.1. The maximum absolute atomic E-state index is 6.25. The molecule has 4 nitrogen and oxygen atoms in total. The van der Waals surface area contributed by atoms with Gasteiger partial charge in [-0.1, -0.05) is 23.2 Å². The Morgan fingerprint density at radius 1 is 1.05 bits per heavy atom. The number of benzene rings is 1. The number of aromatic nitrogens is 4. The first-order valence-electron chi connectivity index (χ1n) is 5.92. The Hall–Kier alpha value is -1.91. The number of aryl methyl sites for hydroxylation is 1. The molecule has 1 aromatic carbocycles. The van der Waals surface area contributed by atoms with E-state index in [9.17, 15) is 0 Å². The second-order valence-corrected chi connectivity index (χ2v) is 5.17. The molecule has 6 heteroatoms. The van der Waals surface area contributed by atoms with Gasteiger partial charge in [-0.25, -0.2) is 15.0 Å². The summed E-state index contributed by atoms with van der Waals surface area (Å²) in [6, 6.07) is 5.31. The summed E-state index contributed by atoms with van der Waals surface area (Å²) in [6.07, 6.45) is 4.96. The third-order valence-corrected chi connectivity index (χ3v) is 3.40. The molecule has 2 heterocycles. The molecule has 0 saturated carbocycles. The predicted molar refractivity (Wildman–Crippen MR) is 79.8 cm³/mol. The largest absolute Gasteiger partial charge is 0.342 e. The molecule has 0 saturated heterocycles. The molecular weight excluding hydrogens is 295 g/mol. The van der Waals surface area contributed by atoms with Crippen molar-refractivity contribution in [1.29, 1.82) is 0 Å². The maximum atomic E-state index is 6.25. The molecule has 0 aliphatic heterocycles. The average molecular weight is 305 g/mol. The highest BCUT2D eigenvalue weighted by atomic mass is 35.5. The van der Waals surface area contributed by atoms with Gasteiger partial charge in [-0.15, -0.1) is 0 Å². The van der Waals surface area contributed by atoms with E-state index in [1.54, 1.807) is 24.5 Å². The molecule has 0 unspecified atom stereocenters. The summed E-state index contributed by atoms with van der Waals surface area (Å²) >= 11 is 12.2. The normalized spacial score (nSPS) is 10.8. The number of nitrogens with one attached hydrogen (secondary N) is 1. The van der Waals surface area contributed by atoms with E-state index in [1.807, 2.05) is 13.0 Å². The second-order valence-electron chi connectivity index (χ2n) is 4.32. The molecule has 20 heavy (non-hydrogen) atoms. The van der Waals surface area contributed by atoms with E-state index >= 15 is 0 Å². The van der Waals surface area contributed by atoms with Gasteiger partial charge in [-0.2, -0.15) is 0 Å². The minimum atomic E-state index is 0.542. The monoisotopic (exact) mass is 304 g/mol. The lowest BCUT2D eigenvalue weighted by atomic mass is 10.1. The molecule has 3 aromatic rings. The van der Waals surface area contributed by atoms with Crippen molar-refractivity contribution in [3.63, 3.8) is 0 Å². The van der Waals surface area contributed by atoms with Gasteiger partial charge in [-0.05, 0) is 25.1 Å². The summed E-state index contributed by atoms with van der Waals surface area (Å²) in [5, 5.41) is 1.13. The molecule has 0 spiro atoms. The first-order valence-corrected chi connectivity index (χ1v) is 6.68. The zero-order valence-corrected chi connectivity index (χ0v) is 12.1. The summed E-state index contributed by atoms with van der Waals surface area (Å²) in [4.78, 5) is 15.9. The molecule has 2 aromatic heterocycles. The van der Waals surface area contributed by atoms with E-state index in [-0.39, 0.29) is 0 Å². The number of aromatic amines is 1. The minimum Gasteiger partial charge on any atom is -0.342 e. The number of rotatable bonds is 2. The summed E-state index contributed by atoms with van der Waals surface area (Å²) in [6.45, 7) is 1.94. The topological polar surface area (TPSA) is 54.5 Å². The quantitative estimate of drug-likeness (QED) is 0.774. The fraction of sp³-hybridized carbons (Fsp3) is 0.0714. The van der Waals surface area contributed by atoms with Gasteiger partial charge >= 0.3 is 0 Å². The van der Waals surface area contributed by atoms with Crippen LogP contribution in [0, 0.1) is 6.92 Å². The lowest BCUT2D eigenvalue weighted by Crippen LogP contribution is -1.93. The van der Waals surface area contributed by atoms with Crippen molar-refractivity contribution in [2.24, 2.45) is 0 Å². The third-order valence-electron chi connectivity index (χ3n) is 2.86. The van der Waals surface area contributed by atoms with Crippen LogP contribution >= 0.6 is 23.2 Å². The van der Waals surface area contributed by atoms with Crippen LogP contribution in [-0.2, 0) is 0 Å². The first-order chi connectivity index (χ1) is 9.65. The highest BCUT2D eigenvalue weighted by Crippen LogP contribution is 2.34. The molecule has 100 valence electrons. The Morgan fingerprint density at radius 3 is 2.60 bits per heavy atom. The van der Waals surface area contributed by atoms with E-state index < -0.39 is 0 Å². The Bertz CT molecular complexity index is 767. The molecule has 0 aliphatic rings. The Balaban J connectivity index is 2.19. The second kappa shape index (κ2) is 5.23. The van der Waals surface area contributed by atoms with Gasteiger partial charge < -0.3 is 4.98 Å². The van der Waals surface area contributed by atoms with Crippen molar-refractivity contribution in [2.45, 2.75) is 6.92 Å². The molecular formula is C14H10Cl2N4. The fourth-order valence-corrected chi connectivity index (χ4v) is 2.45. The molecule has 0 bridgehead atoms. The van der Waals surface area contributed by atoms with Crippen LogP contribution in [0.3, 0.4) is 0 Å². The number of hydrogen-bond acceptors (Lipinski definition) is 3. The van der Waals surface area contributed by atoms with Gasteiger partial charge in [0.25, 0.3) is 0 Å². The Kier molecular flexibility index (Phi) is 3.42. The minimum absolute atomic E-state index is 0.542. The predicted octanol–water partition coefficient (Wildman–Crippen LogP) is 4.15. The smallest absolute Gasteiger partial charge is 0.141 e. The number of imidazole rings is 1. The first kappa shape index (κ1) is 13.1. The van der Waals surface area contributed by atoms with Crippen molar-refractivity contribution < 1.29 is 0 Å². The van der Waals surface area contributed by atoms with Gasteiger partial charge in [-0.3, -0.25) is 0 Å². The summed E-state index contributed by atoms with van der Waals surface area (Å²) in [7, 11) is 0. The van der Waals surface area contributed by atoms with Crippen molar-refractivity contribution in [2.75, 3.05) is 0 Å². The van der Waals surface area contributed by atoms with Gasteiger partial charge in [0.15, 0.2) is 0 Å². The third kappa shape index (κ3) is 2.40. The van der Waals surface area contributed by atoms with Crippen LogP contribution in [0.2, 0.25) is 10.0 Å². The van der Waals surface area contributed by atoms with Gasteiger partial charge in [0.05, 0.1) is 16.3 Å². The lowest BCUT2D eigenvalue weighted by Gasteiger charge is -2.08. The lowest BCUT2D eigenvalue weighted by molar-refractivity contribution is 1.15. The van der Waals surface area contributed by atoms with Crippen molar-refractivity contribution >= 4 is 23.2 Å². The fourth-order valence-electron chi connectivity index (χ4n) is 1.95. The standard InChI is InChI=1S/C14H10Cl2N4/c1-8-5-18-14(20-8)11-6-17-7-19-13(11)10-3-2-9(15)4-12(10)16/h2-7H,1H3,(H,18,20). The van der Waals surface area contributed by atoms with Crippen molar-refractivity contribution in [1.82, 2.24) is 19.9 Å². The molecule has 0 fully saturated rings. The number of H-pyrrole nitrogens is 1. The van der Waals surface area contributed by atoms with Crippen LogP contribution in [0.4, 0.5) is 0 Å². The number of hydrogen-bond donors (Lipinski definition) is 1. The van der Waals surface area contributed by atoms with E-state index in [0.29, 0.717) is 15.9 Å². The summed E-state index contributed by atoms with van der Waals surface area (Å²) < 4.78 is 0. The van der Waals surface area contributed by atoms with Gasteiger partial charge in [0.2, 0.25) is 0 Å². The molecule has 0 atom stereocenters. The van der Waals surface area contributed by atoms with Gasteiger partial charge in [0.1, 0.15) is 12.2 Å². The van der Waals surface area contributed by atoms with Crippen molar-refractivity contribution in [3.05, 3.63) is 52.7 Å². The van der Waals surface area contributed by atoms with Crippen LogP contribution in [0.1, 0.15) is 5.69 Å². The molecule has 0 amide bonds. The van der Waals surface area contributed by atoms with Crippen LogP contribution in [0.5, 0.6) is 0 Å². The zero-order valence-electron chi connectivity index (χ0n) is 10.6. The Labute approximate surface area is 125 Å². The van der Waals surface area contributed by atoms with Crippen LogP contribution in [0.15, 0.2) is 36.9 Å². The highest BCUT2D eigenvalue weighted by molar-refractivity contribution is 6.36. The van der Waals surface area contributed by atoms with Crippen LogP contribution in [-0.4, -0.2) is 19.9 Å². The number of halogens is 2. The van der Waals surface area contributed by atoms with Crippen molar-refractivity contribution in [3.8, 4) is 22.6 Å².